The van der Waals surface area contributed by atoms with Gasteiger partial charge in [0.05, 0.1) is 0 Å². The molecule has 0 spiro atoms. The second-order valence-corrected chi connectivity index (χ2v) is 7.52. The molecule has 1 saturated carbocycles. The van der Waals surface area contributed by atoms with Crippen molar-refractivity contribution in [3.05, 3.63) is 20.8 Å². The van der Waals surface area contributed by atoms with E-state index in [2.05, 4.69) is 39.6 Å². The average molecular weight is 344 g/mol. The van der Waals surface area contributed by atoms with E-state index in [0.29, 0.717) is 6.04 Å². The third-order valence-corrected chi connectivity index (χ3v) is 6.17. The molecule has 1 fully saturated rings. The second-order valence-electron chi connectivity index (χ2n) is 5.72. The highest BCUT2D eigenvalue weighted by Crippen LogP contribution is 2.35. The van der Waals surface area contributed by atoms with Crippen molar-refractivity contribution in [2.75, 3.05) is 6.54 Å². The number of thiophene rings is 1. The fourth-order valence-corrected chi connectivity index (χ4v) is 4.84. The molecule has 0 aliphatic heterocycles. The van der Waals surface area contributed by atoms with E-state index in [4.69, 9.17) is 0 Å². The van der Waals surface area contributed by atoms with Gasteiger partial charge in [-0.2, -0.15) is 0 Å². The summed E-state index contributed by atoms with van der Waals surface area (Å²) in [5.41, 5.74) is 0. The van der Waals surface area contributed by atoms with Gasteiger partial charge in [0, 0.05) is 15.4 Å². The lowest BCUT2D eigenvalue weighted by Crippen LogP contribution is -2.22. The van der Waals surface area contributed by atoms with Gasteiger partial charge in [-0.15, -0.1) is 11.3 Å². The minimum atomic E-state index is 0.552. The van der Waals surface area contributed by atoms with Gasteiger partial charge in [0.2, 0.25) is 0 Å². The summed E-state index contributed by atoms with van der Waals surface area (Å²) in [5.74, 6) is 0.985. The molecule has 1 nitrogen and oxygen atoms in total. The van der Waals surface area contributed by atoms with E-state index < -0.39 is 0 Å². The Hall–Kier alpha value is 0.140. The molecular weight excluding hydrogens is 318 g/mol. The molecule has 1 unspecified atom stereocenters. The summed E-state index contributed by atoms with van der Waals surface area (Å²) in [7, 11) is 0. The largest absolute Gasteiger partial charge is 0.309 e. The van der Waals surface area contributed by atoms with E-state index in [9.17, 15) is 0 Å². The minimum Gasteiger partial charge on any atom is -0.309 e. The highest BCUT2D eigenvalue weighted by atomic mass is 79.9. The number of hydrogen-bond donors (Lipinski definition) is 1. The Bertz CT molecular complexity index is 357. The van der Waals surface area contributed by atoms with Crippen molar-refractivity contribution in [2.24, 2.45) is 5.92 Å². The highest BCUT2D eigenvalue weighted by Gasteiger charge is 2.19. The van der Waals surface area contributed by atoms with Gasteiger partial charge in [-0.25, -0.2) is 0 Å². The molecule has 1 aromatic rings. The van der Waals surface area contributed by atoms with Crippen molar-refractivity contribution in [3.63, 3.8) is 0 Å². The van der Waals surface area contributed by atoms with Crippen LogP contribution in [-0.2, 0) is 0 Å². The smallest absolute Gasteiger partial charge is 0.0426 e. The van der Waals surface area contributed by atoms with Gasteiger partial charge in [-0.05, 0) is 59.1 Å². The van der Waals surface area contributed by atoms with Crippen molar-refractivity contribution in [2.45, 2.75) is 64.3 Å². The van der Waals surface area contributed by atoms with Crippen LogP contribution in [0.15, 0.2) is 15.9 Å². The van der Waals surface area contributed by atoms with Gasteiger partial charge >= 0.3 is 0 Å². The summed E-state index contributed by atoms with van der Waals surface area (Å²) in [6.45, 7) is 3.37. The molecule has 0 aromatic carbocycles. The molecule has 2 rings (SSSR count). The summed E-state index contributed by atoms with van der Waals surface area (Å²) in [4.78, 5) is 1.49. The summed E-state index contributed by atoms with van der Waals surface area (Å²) in [5, 5.41) is 5.93. The van der Waals surface area contributed by atoms with Gasteiger partial charge in [0.15, 0.2) is 0 Å². The Balaban J connectivity index is 1.88. The van der Waals surface area contributed by atoms with Crippen LogP contribution in [0.4, 0.5) is 0 Å². The maximum atomic E-state index is 3.73. The van der Waals surface area contributed by atoms with Crippen molar-refractivity contribution in [3.8, 4) is 0 Å². The second kappa shape index (κ2) is 8.43. The molecule has 0 radical (unpaired) electrons. The fourth-order valence-electron chi connectivity index (χ4n) is 3.08. The van der Waals surface area contributed by atoms with Crippen LogP contribution in [0.1, 0.15) is 69.2 Å². The molecule has 1 heterocycles. The van der Waals surface area contributed by atoms with E-state index in [1.54, 1.807) is 0 Å². The number of halogens is 1. The standard InChI is InChI=1S/C16H26BrNS/c1-2-11-18-15(16-14(17)10-12-19-16)9-8-13-6-4-3-5-7-13/h10,12-13,15,18H,2-9,11H2,1H3. The van der Waals surface area contributed by atoms with E-state index >= 15 is 0 Å². The van der Waals surface area contributed by atoms with Crippen molar-refractivity contribution in [1.29, 1.82) is 0 Å². The van der Waals surface area contributed by atoms with Gasteiger partial charge in [0.25, 0.3) is 0 Å². The van der Waals surface area contributed by atoms with Crippen LogP contribution in [0.25, 0.3) is 0 Å². The first-order valence-electron chi connectivity index (χ1n) is 7.77. The zero-order valence-electron chi connectivity index (χ0n) is 12.0. The molecule has 1 atom stereocenters. The first-order chi connectivity index (χ1) is 9.31. The van der Waals surface area contributed by atoms with Crippen LogP contribution in [-0.4, -0.2) is 6.54 Å². The third kappa shape index (κ3) is 4.87. The quantitative estimate of drug-likeness (QED) is 0.648. The van der Waals surface area contributed by atoms with Gasteiger partial charge in [-0.1, -0.05) is 39.0 Å². The molecule has 19 heavy (non-hydrogen) atoms. The Labute approximate surface area is 130 Å². The first kappa shape index (κ1) is 15.5. The summed E-state index contributed by atoms with van der Waals surface area (Å²) in [6.07, 6.45) is 11.2. The Kier molecular flexibility index (Phi) is 6.89. The maximum absolute atomic E-state index is 3.73. The summed E-state index contributed by atoms with van der Waals surface area (Å²) in [6, 6.07) is 2.73. The highest BCUT2D eigenvalue weighted by molar-refractivity contribution is 9.10. The lowest BCUT2D eigenvalue weighted by Gasteiger charge is -2.24. The van der Waals surface area contributed by atoms with Crippen molar-refractivity contribution < 1.29 is 0 Å². The number of hydrogen-bond acceptors (Lipinski definition) is 2. The van der Waals surface area contributed by atoms with E-state index in [0.717, 1.165) is 12.5 Å². The van der Waals surface area contributed by atoms with E-state index in [1.165, 1.54) is 60.7 Å². The maximum Gasteiger partial charge on any atom is 0.0426 e. The summed E-state index contributed by atoms with van der Waals surface area (Å²) >= 11 is 5.58. The zero-order chi connectivity index (χ0) is 13.5. The monoisotopic (exact) mass is 343 g/mol. The van der Waals surface area contributed by atoms with Crippen LogP contribution >= 0.6 is 27.3 Å². The Morgan fingerprint density at radius 3 is 2.79 bits per heavy atom. The third-order valence-electron chi connectivity index (χ3n) is 4.19. The molecule has 0 saturated heterocycles. The van der Waals surface area contributed by atoms with Crippen LogP contribution in [0.5, 0.6) is 0 Å². The van der Waals surface area contributed by atoms with Gasteiger partial charge in [-0.3, -0.25) is 0 Å². The number of nitrogens with one attached hydrogen (secondary N) is 1. The van der Waals surface area contributed by atoms with Crippen molar-refractivity contribution in [1.82, 2.24) is 5.32 Å². The molecule has 3 heteroatoms. The summed E-state index contributed by atoms with van der Waals surface area (Å²) < 4.78 is 1.29. The SMILES string of the molecule is CCCNC(CCC1CCCCC1)c1sccc1Br. The molecule has 108 valence electrons. The zero-order valence-corrected chi connectivity index (χ0v) is 14.4. The Morgan fingerprint density at radius 2 is 2.16 bits per heavy atom. The topological polar surface area (TPSA) is 12.0 Å². The van der Waals surface area contributed by atoms with Crippen LogP contribution in [0.2, 0.25) is 0 Å². The van der Waals surface area contributed by atoms with E-state index in [1.807, 2.05) is 11.3 Å². The first-order valence-corrected chi connectivity index (χ1v) is 9.44. The van der Waals surface area contributed by atoms with Crippen LogP contribution in [0.3, 0.4) is 0 Å². The fraction of sp³-hybridized carbons (Fsp3) is 0.750. The van der Waals surface area contributed by atoms with Gasteiger partial charge in [0.1, 0.15) is 0 Å². The van der Waals surface area contributed by atoms with Crippen LogP contribution in [0, 0.1) is 5.92 Å². The molecule has 1 aliphatic carbocycles. The Morgan fingerprint density at radius 1 is 1.37 bits per heavy atom. The van der Waals surface area contributed by atoms with E-state index in [-0.39, 0.29) is 0 Å². The average Bonchev–Trinajstić information content (AvgIpc) is 2.86. The minimum absolute atomic E-state index is 0.552. The predicted molar refractivity (Wildman–Crippen MR) is 88.9 cm³/mol. The predicted octanol–water partition coefficient (Wildman–Crippen LogP) is 5.91. The molecular formula is C16H26BrNS. The van der Waals surface area contributed by atoms with Crippen LogP contribution < -0.4 is 5.32 Å². The molecule has 1 aliphatic rings. The molecule has 1 aromatic heterocycles. The molecule has 1 N–H and O–H groups in total. The molecule has 0 bridgehead atoms. The van der Waals surface area contributed by atoms with Gasteiger partial charge < -0.3 is 5.32 Å². The number of rotatable bonds is 7. The lowest BCUT2D eigenvalue weighted by molar-refractivity contribution is 0.315. The normalized spacial score (nSPS) is 18.6. The van der Waals surface area contributed by atoms with Crippen molar-refractivity contribution >= 4 is 27.3 Å². The molecule has 0 amide bonds. The lowest BCUT2D eigenvalue weighted by atomic mass is 9.85.